The topological polar surface area (TPSA) is 32.3 Å². The maximum Gasteiger partial charge on any atom is 0.134 e. The van der Waals surface area contributed by atoms with Gasteiger partial charge < -0.3 is 10.4 Å². The summed E-state index contributed by atoms with van der Waals surface area (Å²) in [5.41, 5.74) is 0.976. The first kappa shape index (κ1) is 10.5. The van der Waals surface area contributed by atoms with Gasteiger partial charge in [0.2, 0.25) is 0 Å². The third kappa shape index (κ3) is 1.97. The molecule has 1 heterocycles. The molecule has 0 spiro atoms. The molecule has 1 aromatic carbocycles. The number of aromatic hydroxyl groups is 1. The Morgan fingerprint density at radius 3 is 2.79 bits per heavy atom. The Morgan fingerprint density at radius 2 is 2.14 bits per heavy atom. The third-order valence-electron chi connectivity index (χ3n) is 2.49. The first-order chi connectivity index (χ1) is 6.68. The van der Waals surface area contributed by atoms with Crippen molar-refractivity contribution in [2.75, 3.05) is 6.54 Å². The molecule has 0 saturated carbocycles. The van der Waals surface area contributed by atoms with Crippen molar-refractivity contribution in [1.82, 2.24) is 5.32 Å². The molecule has 1 saturated heterocycles. The molecule has 1 aliphatic rings. The number of benzene rings is 1. The Balaban J connectivity index is 2.40. The van der Waals surface area contributed by atoms with Crippen LogP contribution in [0.4, 0.5) is 0 Å². The van der Waals surface area contributed by atoms with Gasteiger partial charge in [-0.1, -0.05) is 15.9 Å². The number of nitrogens with one attached hydrogen (secondary N) is 1. The number of hydrogen-bond donors (Lipinski definition) is 2. The van der Waals surface area contributed by atoms with Gasteiger partial charge in [0, 0.05) is 16.1 Å². The van der Waals surface area contributed by atoms with E-state index in [-0.39, 0.29) is 0 Å². The minimum Gasteiger partial charge on any atom is -0.506 e. The quantitative estimate of drug-likeness (QED) is 0.831. The van der Waals surface area contributed by atoms with Crippen LogP contribution in [0.2, 0.25) is 0 Å². The van der Waals surface area contributed by atoms with E-state index in [9.17, 15) is 5.11 Å². The Kier molecular flexibility index (Phi) is 3.14. The molecule has 1 aromatic rings. The first-order valence-corrected chi connectivity index (χ1v) is 6.18. The molecule has 76 valence electrons. The van der Waals surface area contributed by atoms with Crippen LogP contribution in [0.15, 0.2) is 21.1 Å². The molecular weight excluding hydrogens is 310 g/mol. The fraction of sp³-hybridized carbons (Fsp3) is 0.400. The van der Waals surface area contributed by atoms with Gasteiger partial charge in [-0.05, 0) is 47.4 Å². The van der Waals surface area contributed by atoms with Crippen LogP contribution in [0.25, 0.3) is 0 Å². The number of hydrogen-bond acceptors (Lipinski definition) is 2. The second-order valence-electron chi connectivity index (χ2n) is 3.47. The van der Waals surface area contributed by atoms with Gasteiger partial charge in [-0.25, -0.2) is 0 Å². The van der Waals surface area contributed by atoms with Crippen LogP contribution < -0.4 is 5.32 Å². The SMILES string of the molecule is Oc1c(Br)cc(Br)cc1[C@H]1CCCN1. The fourth-order valence-electron chi connectivity index (χ4n) is 1.80. The van der Waals surface area contributed by atoms with E-state index in [1.807, 2.05) is 12.1 Å². The van der Waals surface area contributed by atoms with Crippen LogP contribution >= 0.6 is 31.9 Å². The van der Waals surface area contributed by atoms with E-state index in [2.05, 4.69) is 37.2 Å². The van der Waals surface area contributed by atoms with Crippen LogP contribution in [-0.2, 0) is 0 Å². The van der Waals surface area contributed by atoms with Crippen LogP contribution in [0, 0.1) is 0 Å². The molecule has 1 atom stereocenters. The lowest BCUT2D eigenvalue weighted by molar-refractivity contribution is 0.453. The molecule has 2 rings (SSSR count). The van der Waals surface area contributed by atoms with E-state index in [1.165, 1.54) is 6.42 Å². The van der Waals surface area contributed by atoms with Crippen LogP contribution in [-0.4, -0.2) is 11.7 Å². The summed E-state index contributed by atoms with van der Waals surface area (Å²) in [4.78, 5) is 0. The molecule has 0 aliphatic carbocycles. The first-order valence-electron chi connectivity index (χ1n) is 4.60. The van der Waals surface area contributed by atoms with Crippen LogP contribution in [0.5, 0.6) is 5.75 Å². The average molecular weight is 321 g/mol. The zero-order valence-electron chi connectivity index (χ0n) is 7.56. The van der Waals surface area contributed by atoms with E-state index in [0.717, 1.165) is 27.5 Å². The molecule has 0 unspecified atom stereocenters. The molecule has 2 nitrogen and oxygen atoms in total. The van der Waals surface area contributed by atoms with E-state index in [1.54, 1.807) is 0 Å². The van der Waals surface area contributed by atoms with Gasteiger partial charge in [0.15, 0.2) is 0 Å². The van der Waals surface area contributed by atoms with Crippen molar-refractivity contribution in [3.63, 3.8) is 0 Å². The molecule has 1 aliphatic heterocycles. The van der Waals surface area contributed by atoms with Gasteiger partial charge >= 0.3 is 0 Å². The molecule has 0 aromatic heterocycles. The molecule has 14 heavy (non-hydrogen) atoms. The molecule has 0 amide bonds. The number of phenolic OH excluding ortho intramolecular Hbond substituents is 1. The maximum absolute atomic E-state index is 9.87. The second kappa shape index (κ2) is 4.21. The summed E-state index contributed by atoms with van der Waals surface area (Å²) in [5, 5.41) is 13.2. The summed E-state index contributed by atoms with van der Waals surface area (Å²) in [6.45, 7) is 1.04. The van der Waals surface area contributed by atoms with Crippen molar-refractivity contribution < 1.29 is 5.11 Å². The molecule has 2 N–H and O–H groups in total. The van der Waals surface area contributed by atoms with Crippen molar-refractivity contribution in [3.05, 3.63) is 26.6 Å². The number of halogens is 2. The predicted molar refractivity (Wildman–Crippen MR) is 63.5 cm³/mol. The zero-order chi connectivity index (χ0) is 10.1. The second-order valence-corrected chi connectivity index (χ2v) is 5.24. The Labute approximate surface area is 100.0 Å². The monoisotopic (exact) mass is 319 g/mol. The van der Waals surface area contributed by atoms with Gasteiger partial charge in [0.05, 0.1) is 4.47 Å². The van der Waals surface area contributed by atoms with E-state index >= 15 is 0 Å². The highest BCUT2D eigenvalue weighted by molar-refractivity contribution is 9.11. The summed E-state index contributed by atoms with van der Waals surface area (Å²) in [5.74, 6) is 0.354. The smallest absolute Gasteiger partial charge is 0.134 e. The Morgan fingerprint density at radius 1 is 1.36 bits per heavy atom. The van der Waals surface area contributed by atoms with E-state index in [4.69, 9.17) is 0 Å². The largest absolute Gasteiger partial charge is 0.506 e. The Bertz CT molecular complexity index is 348. The summed E-state index contributed by atoms with van der Waals surface area (Å²) in [7, 11) is 0. The lowest BCUT2D eigenvalue weighted by atomic mass is 10.0. The summed E-state index contributed by atoms with van der Waals surface area (Å²) < 4.78 is 1.74. The molecule has 4 heteroatoms. The number of phenols is 1. The number of rotatable bonds is 1. The van der Waals surface area contributed by atoms with E-state index < -0.39 is 0 Å². The highest BCUT2D eigenvalue weighted by atomic mass is 79.9. The summed E-state index contributed by atoms with van der Waals surface area (Å²) in [6, 6.07) is 4.13. The predicted octanol–water partition coefficient (Wildman–Crippen LogP) is 3.34. The molecular formula is C10H11Br2NO. The minimum absolute atomic E-state index is 0.295. The van der Waals surface area contributed by atoms with Crippen molar-refractivity contribution in [2.45, 2.75) is 18.9 Å². The van der Waals surface area contributed by atoms with Gasteiger partial charge in [0.1, 0.15) is 5.75 Å². The van der Waals surface area contributed by atoms with E-state index in [0.29, 0.717) is 11.8 Å². The molecule has 1 fully saturated rings. The van der Waals surface area contributed by atoms with Crippen molar-refractivity contribution in [3.8, 4) is 5.75 Å². The van der Waals surface area contributed by atoms with Crippen molar-refractivity contribution in [2.24, 2.45) is 0 Å². The lowest BCUT2D eigenvalue weighted by Gasteiger charge is -2.14. The van der Waals surface area contributed by atoms with Gasteiger partial charge in [-0.3, -0.25) is 0 Å². The summed E-state index contributed by atoms with van der Waals surface area (Å²) >= 11 is 6.76. The minimum atomic E-state index is 0.295. The van der Waals surface area contributed by atoms with Crippen molar-refractivity contribution in [1.29, 1.82) is 0 Å². The van der Waals surface area contributed by atoms with Crippen LogP contribution in [0.1, 0.15) is 24.4 Å². The zero-order valence-corrected chi connectivity index (χ0v) is 10.7. The normalized spacial score (nSPS) is 21.4. The average Bonchev–Trinajstić information content (AvgIpc) is 2.63. The highest BCUT2D eigenvalue weighted by Gasteiger charge is 2.20. The van der Waals surface area contributed by atoms with Gasteiger partial charge in [-0.2, -0.15) is 0 Å². The lowest BCUT2D eigenvalue weighted by Crippen LogP contribution is -2.13. The van der Waals surface area contributed by atoms with Gasteiger partial charge in [0.25, 0.3) is 0 Å². The third-order valence-corrected chi connectivity index (χ3v) is 3.56. The van der Waals surface area contributed by atoms with Gasteiger partial charge in [-0.15, -0.1) is 0 Å². The fourth-order valence-corrected chi connectivity index (χ4v) is 3.06. The van der Waals surface area contributed by atoms with Crippen molar-refractivity contribution >= 4 is 31.9 Å². The maximum atomic E-state index is 9.87. The van der Waals surface area contributed by atoms with Crippen LogP contribution in [0.3, 0.4) is 0 Å². The standard InChI is InChI=1S/C10H11Br2NO/c11-6-4-7(9-2-1-3-13-9)10(14)8(12)5-6/h4-5,9,13-14H,1-3H2/t9-/m1/s1. The highest BCUT2D eigenvalue weighted by Crippen LogP contribution is 2.37. The molecule has 0 radical (unpaired) electrons. The molecule has 0 bridgehead atoms. The summed E-state index contributed by atoms with van der Waals surface area (Å²) in [6.07, 6.45) is 2.27. The Hall–Kier alpha value is -0.0600.